The molecule has 1 heterocycles. The Bertz CT molecular complexity index is 910. The van der Waals surface area contributed by atoms with Crippen LogP contribution in [0, 0.1) is 0 Å². The molecule has 0 spiro atoms. The summed E-state index contributed by atoms with van der Waals surface area (Å²) in [6, 6.07) is 14.9. The Balaban J connectivity index is 1.95. The maximum absolute atomic E-state index is 13.0. The molecule has 0 saturated heterocycles. The van der Waals surface area contributed by atoms with E-state index in [-0.39, 0.29) is 5.91 Å². The maximum Gasteiger partial charge on any atom is 0.276 e. The third-order valence-electron chi connectivity index (χ3n) is 3.83. The zero-order valence-electron chi connectivity index (χ0n) is 15.0. The topological polar surface area (TPSA) is 69.0 Å². The summed E-state index contributed by atoms with van der Waals surface area (Å²) in [5.41, 5.74) is 2.50. The van der Waals surface area contributed by atoms with Crippen molar-refractivity contribution in [2.75, 3.05) is 18.2 Å². The standard InChI is InChI=1S/C19H19BrN4O2S/c1-3-27-12-24-18(19(25)21-15-8-6-14(20)7-9-15)17(22-23-24)13-4-10-16(26-2)11-5-13/h4-11H,3,12H2,1-2H3,(H,21,25). The number of amides is 1. The Kier molecular flexibility index (Phi) is 6.52. The van der Waals surface area contributed by atoms with E-state index in [9.17, 15) is 4.79 Å². The lowest BCUT2D eigenvalue weighted by Gasteiger charge is -2.09. The molecule has 0 bridgehead atoms. The van der Waals surface area contributed by atoms with Crippen molar-refractivity contribution in [2.24, 2.45) is 0 Å². The molecule has 1 amide bonds. The molecule has 3 rings (SSSR count). The summed E-state index contributed by atoms with van der Waals surface area (Å²) < 4.78 is 7.79. The number of hydrogen-bond donors (Lipinski definition) is 1. The van der Waals surface area contributed by atoms with Gasteiger partial charge >= 0.3 is 0 Å². The largest absolute Gasteiger partial charge is 0.497 e. The molecule has 0 radical (unpaired) electrons. The molecule has 0 fully saturated rings. The highest BCUT2D eigenvalue weighted by Gasteiger charge is 2.22. The van der Waals surface area contributed by atoms with Gasteiger partial charge in [-0.15, -0.1) is 16.9 Å². The fourth-order valence-corrected chi connectivity index (χ4v) is 3.27. The van der Waals surface area contributed by atoms with Crippen molar-refractivity contribution in [1.82, 2.24) is 15.0 Å². The van der Waals surface area contributed by atoms with E-state index >= 15 is 0 Å². The van der Waals surface area contributed by atoms with E-state index in [1.54, 1.807) is 23.6 Å². The molecule has 6 nitrogen and oxygen atoms in total. The SMILES string of the molecule is CCSCn1nnc(-c2ccc(OC)cc2)c1C(=O)Nc1ccc(Br)cc1. The van der Waals surface area contributed by atoms with Gasteiger partial charge in [-0.1, -0.05) is 28.1 Å². The number of thioether (sulfide) groups is 1. The number of nitrogens with zero attached hydrogens (tertiary/aromatic N) is 3. The zero-order chi connectivity index (χ0) is 19.2. The summed E-state index contributed by atoms with van der Waals surface area (Å²) >= 11 is 5.06. The number of nitrogens with one attached hydrogen (secondary N) is 1. The molecule has 0 saturated carbocycles. The van der Waals surface area contributed by atoms with Gasteiger partial charge < -0.3 is 10.1 Å². The number of carbonyl (C=O) groups excluding carboxylic acids is 1. The molecule has 1 aromatic heterocycles. The minimum atomic E-state index is -0.246. The number of ether oxygens (including phenoxy) is 1. The smallest absolute Gasteiger partial charge is 0.276 e. The Morgan fingerprint density at radius 1 is 1.19 bits per heavy atom. The first-order chi connectivity index (χ1) is 13.1. The summed E-state index contributed by atoms with van der Waals surface area (Å²) in [5, 5.41) is 11.4. The first-order valence-corrected chi connectivity index (χ1v) is 10.3. The van der Waals surface area contributed by atoms with Gasteiger partial charge in [-0.2, -0.15) is 0 Å². The van der Waals surface area contributed by atoms with Crippen molar-refractivity contribution in [1.29, 1.82) is 0 Å². The van der Waals surface area contributed by atoms with Crippen LogP contribution >= 0.6 is 27.7 Å². The van der Waals surface area contributed by atoms with Gasteiger partial charge in [-0.05, 0) is 54.3 Å². The molecule has 140 valence electrons. The van der Waals surface area contributed by atoms with Crippen molar-refractivity contribution in [3.63, 3.8) is 0 Å². The van der Waals surface area contributed by atoms with E-state index in [0.29, 0.717) is 23.0 Å². The lowest BCUT2D eigenvalue weighted by molar-refractivity contribution is 0.101. The number of benzene rings is 2. The lowest BCUT2D eigenvalue weighted by Crippen LogP contribution is -2.18. The maximum atomic E-state index is 13.0. The van der Waals surface area contributed by atoms with Crippen molar-refractivity contribution in [3.05, 3.63) is 58.7 Å². The molecular weight excluding hydrogens is 428 g/mol. The summed E-state index contributed by atoms with van der Waals surface area (Å²) in [7, 11) is 1.62. The summed E-state index contributed by atoms with van der Waals surface area (Å²) in [6.07, 6.45) is 0. The number of methoxy groups -OCH3 is 1. The number of rotatable bonds is 7. The normalized spacial score (nSPS) is 10.6. The molecular formula is C19H19BrN4O2S. The van der Waals surface area contributed by atoms with Crippen molar-refractivity contribution < 1.29 is 9.53 Å². The summed E-state index contributed by atoms with van der Waals surface area (Å²) in [5.74, 6) is 1.98. The Labute approximate surface area is 170 Å². The molecule has 0 aliphatic rings. The van der Waals surface area contributed by atoms with Crippen LogP contribution in [0.5, 0.6) is 5.75 Å². The second kappa shape index (κ2) is 9.05. The van der Waals surface area contributed by atoms with Crippen molar-refractivity contribution in [3.8, 4) is 17.0 Å². The lowest BCUT2D eigenvalue weighted by atomic mass is 10.1. The van der Waals surface area contributed by atoms with Crippen LogP contribution in [-0.2, 0) is 5.88 Å². The number of aromatic nitrogens is 3. The van der Waals surface area contributed by atoms with E-state index in [1.165, 1.54) is 0 Å². The van der Waals surface area contributed by atoms with Crippen LogP contribution in [0.4, 0.5) is 5.69 Å². The molecule has 0 atom stereocenters. The van der Waals surface area contributed by atoms with E-state index < -0.39 is 0 Å². The van der Waals surface area contributed by atoms with Gasteiger partial charge in [-0.25, -0.2) is 4.68 Å². The average Bonchev–Trinajstić information content (AvgIpc) is 3.12. The molecule has 0 aliphatic carbocycles. The number of halogens is 1. The Morgan fingerprint density at radius 2 is 1.89 bits per heavy atom. The quantitative estimate of drug-likeness (QED) is 0.570. The van der Waals surface area contributed by atoms with Crippen LogP contribution in [0.3, 0.4) is 0 Å². The number of anilines is 1. The number of carbonyl (C=O) groups is 1. The van der Waals surface area contributed by atoms with Crippen LogP contribution in [0.25, 0.3) is 11.3 Å². The van der Waals surface area contributed by atoms with Crippen LogP contribution in [0.15, 0.2) is 53.0 Å². The second-order valence-electron chi connectivity index (χ2n) is 5.60. The van der Waals surface area contributed by atoms with Crippen LogP contribution in [0.2, 0.25) is 0 Å². The zero-order valence-corrected chi connectivity index (χ0v) is 17.4. The van der Waals surface area contributed by atoms with Gasteiger partial charge in [0.05, 0.1) is 13.0 Å². The molecule has 1 N–H and O–H groups in total. The van der Waals surface area contributed by atoms with Crippen molar-refractivity contribution >= 4 is 39.3 Å². The van der Waals surface area contributed by atoms with Gasteiger partial charge in [0.2, 0.25) is 0 Å². The molecule has 0 aliphatic heterocycles. The van der Waals surface area contributed by atoms with Gasteiger partial charge in [0, 0.05) is 15.7 Å². The first kappa shape index (κ1) is 19.4. The van der Waals surface area contributed by atoms with Crippen molar-refractivity contribution in [2.45, 2.75) is 12.8 Å². The summed E-state index contributed by atoms with van der Waals surface area (Å²) in [4.78, 5) is 13.0. The van der Waals surface area contributed by atoms with Crippen LogP contribution in [-0.4, -0.2) is 33.8 Å². The summed E-state index contributed by atoms with van der Waals surface area (Å²) in [6.45, 7) is 2.06. The average molecular weight is 447 g/mol. The minimum absolute atomic E-state index is 0.246. The minimum Gasteiger partial charge on any atom is -0.497 e. The first-order valence-electron chi connectivity index (χ1n) is 8.35. The van der Waals surface area contributed by atoms with Gasteiger partial charge in [-0.3, -0.25) is 4.79 Å². The van der Waals surface area contributed by atoms with E-state index in [4.69, 9.17) is 4.74 Å². The Morgan fingerprint density at radius 3 is 2.52 bits per heavy atom. The van der Waals surface area contributed by atoms with Crippen LogP contribution in [0.1, 0.15) is 17.4 Å². The van der Waals surface area contributed by atoms with E-state index in [2.05, 4.69) is 38.5 Å². The highest BCUT2D eigenvalue weighted by molar-refractivity contribution is 9.10. The molecule has 0 unspecified atom stereocenters. The third kappa shape index (κ3) is 4.70. The Hall–Kier alpha value is -2.32. The van der Waals surface area contributed by atoms with Crippen LogP contribution < -0.4 is 10.1 Å². The highest BCUT2D eigenvalue weighted by Crippen LogP contribution is 2.25. The third-order valence-corrected chi connectivity index (χ3v) is 5.20. The van der Waals surface area contributed by atoms with E-state index in [1.807, 2.05) is 48.5 Å². The highest BCUT2D eigenvalue weighted by atomic mass is 79.9. The van der Waals surface area contributed by atoms with Gasteiger partial charge in [0.25, 0.3) is 5.91 Å². The van der Waals surface area contributed by atoms with E-state index in [0.717, 1.165) is 21.5 Å². The monoisotopic (exact) mass is 446 g/mol. The predicted octanol–water partition coefficient (Wildman–Crippen LogP) is 4.68. The fraction of sp³-hybridized carbons (Fsp3) is 0.211. The second-order valence-corrected chi connectivity index (χ2v) is 7.76. The molecule has 27 heavy (non-hydrogen) atoms. The number of hydrogen-bond acceptors (Lipinski definition) is 5. The molecule has 2 aromatic carbocycles. The fourth-order valence-electron chi connectivity index (χ4n) is 2.47. The van der Waals surface area contributed by atoms with Gasteiger partial charge in [0.1, 0.15) is 11.4 Å². The predicted molar refractivity (Wildman–Crippen MR) is 112 cm³/mol. The molecule has 3 aromatic rings. The van der Waals surface area contributed by atoms with Gasteiger partial charge in [0.15, 0.2) is 5.69 Å². The molecule has 8 heteroatoms.